The highest BCUT2D eigenvalue weighted by atomic mass is 35.5. The van der Waals surface area contributed by atoms with Gasteiger partial charge in [0.25, 0.3) is 5.69 Å². The molecule has 8 heteroatoms. The van der Waals surface area contributed by atoms with Crippen molar-refractivity contribution >= 4 is 28.9 Å². The fourth-order valence-corrected chi connectivity index (χ4v) is 1.58. The first-order valence-electron chi connectivity index (χ1n) is 4.38. The van der Waals surface area contributed by atoms with Gasteiger partial charge in [0.2, 0.25) is 10.6 Å². The molecule has 0 amide bonds. The van der Waals surface area contributed by atoms with E-state index in [0.717, 1.165) is 0 Å². The second-order valence-corrected chi connectivity index (χ2v) is 3.68. The molecule has 0 atom stereocenters. The predicted molar refractivity (Wildman–Crippen MR) is 61.9 cm³/mol. The van der Waals surface area contributed by atoms with Crippen LogP contribution in [0, 0.1) is 10.1 Å². The SMILES string of the molecule is O=[N+]([O-])c1cccc(-c2nc(Cl)nc(Cl)n2)c1. The molecule has 0 bridgehead atoms. The van der Waals surface area contributed by atoms with E-state index in [1.54, 1.807) is 6.07 Å². The molecule has 2 aromatic rings. The molecule has 0 radical (unpaired) electrons. The summed E-state index contributed by atoms with van der Waals surface area (Å²) in [6.45, 7) is 0. The number of nitrogens with zero attached hydrogens (tertiary/aromatic N) is 4. The van der Waals surface area contributed by atoms with Crippen molar-refractivity contribution in [2.75, 3.05) is 0 Å². The average molecular weight is 271 g/mol. The molecule has 1 aromatic carbocycles. The summed E-state index contributed by atoms with van der Waals surface area (Å²) in [4.78, 5) is 21.4. The highest BCUT2D eigenvalue weighted by molar-refractivity contribution is 6.31. The van der Waals surface area contributed by atoms with Crippen LogP contribution in [-0.2, 0) is 0 Å². The predicted octanol–water partition coefficient (Wildman–Crippen LogP) is 2.75. The second kappa shape index (κ2) is 4.60. The zero-order valence-corrected chi connectivity index (χ0v) is 9.68. The molecule has 0 aliphatic carbocycles. The van der Waals surface area contributed by atoms with Crippen molar-refractivity contribution in [1.29, 1.82) is 0 Å². The first-order chi connectivity index (χ1) is 8.06. The summed E-state index contributed by atoms with van der Waals surface area (Å²) in [5.74, 6) is 0.193. The maximum Gasteiger partial charge on any atom is 0.270 e. The van der Waals surface area contributed by atoms with Crippen LogP contribution in [0.25, 0.3) is 11.4 Å². The van der Waals surface area contributed by atoms with E-state index in [-0.39, 0.29) is 22.1 Å². The third-order valence-electron chi connectivity index (χ3n) is 1.90. The van der Waals surface area contributed by atoms with Gasteiger partial charge in [-0.15, -0.1) is 0 Å². The van der Waals surface area contributed by atoms with Crippen LogP contribution >= 0.6 is 23.2 Å². The van der Waals surface area contributed by atoms with Crippen molar-refractivity contribution in [3.05, 3.63) is 44.9 Å². The van der Waals surface area contributed by atoms with Crippen molar-refractivity contribution in [2.45, 2.75) is 0 Å². The zero-order chi connectivity index (χ0) is 12.4. The largest absolute Gasteiger partial charge is 0.270 e. The fourth-order valence-electron chi connectivity index (χ4n) is 1.21. The third kappa shape index (κ3) is 2.66. The summed E-state index contributed by atoms with van der Waals surface area (Å²) in [6, 6.07) is 5.85. The van der Waals surface area contributed by atoms with Crippen LogP contribution in [0.4, 0.5) is 5.69 Å². The molecule has 0 saturated carbocycles. The summed E-state index contributed by atoms with van der Waals surface area (Å²) in [7, 11) is 0. The van der Waals surface area contributed by atoms with Gasteiger partial charge in [-0.1, -0.05) is 12.1 Å². The lowest BCUT2D eigenvalue weighted by molar-refractivity contribution is -0.384. The zero-order valence-electron chi connectivity index (χ0n) is 8.17. The van der Waals surface area contributed by atoms with Gasteiger partial charge in [-0.3, -0.25) is 10.1 Å². The lowest BCUT2D eigenvalue weighted by Crippen LogP contribution is -1.94. The van der Waals surface area contributed by atoms with Crippen molar-refractivity contribution < 1.29 is 4.92 Å². The topological polar surface area (TPSA) is 81.8 Å². The lowest BCUT2D eigenvalue weighted by atomic mass is 10.2. The van der Waals surface area contributed by atoms with E-state index < -0.39 is 4.92 Å². The molecule has 0 saturated heterocycles. The minimum absolute atomic E-state index is 0.0600. The minimum Gasteiger partial charge on any atom is -0.258 e. The van der Waals surface area contributed by atoms with Gasteiger partial charge in [0.05, 0.1) is 4.92 Å². The Bertz CT molecular complexity index is 571. The van der Waals surface area contributed by atoms with E-state index in [0.29, 0.717) is 5.56 Å². The molecule has 1 aromatic heterocycles. The number of halogens is 2. The smallest absolute Gasteiger partial charge is 0.258 e. The molecule has 2 rings (SSSR count). The third-order valence-corrected chi connectivity index (χ3v) is 2.23. The molecular weight excluding hydrogens is 267 g/mol. The van der Waals surface area contributed by atoms with Gasteiger partial charge in [0.1, 0.15) is 0 Å². The minimum atomic E-state index is -0.506. The monoisotopic (exact) mass is 270 g/mol. The van der Waals surface area contributed by atoms with Crippen LogP contribution in [0.1, 0.15) is 0 Å². The molecule has 0 aliphatic rings. The maximum atomic E-state index is 10.6. The molecule has 0 fully saturated rings. The van der Waals surface area contributed by atoms with Crippen LogP contribution in [0.2, 0.25) is 10.6 Å². The summed E-state index contributed by atoms with van der Waals surface area (Å²) >= 11 is 11.2. The standard InChI is InChI=1S/C9H4Cl2N4O2/c10-8-12-7(13-9(11)14-8)5-2-1-3-6(4-5)15(16)17/h1-4H. The second-order valence-electron chi connectivity index (χ2n) is 3.00. The van der Waals surface area contributed by atoms with Crippen molar-refractivity contribution in [1.82, 2.24) is 15.0 Å². The van der Waals surface area contributed by atoms with Crippen LogP contribution in [-0.4, -0.2) is 19.9 Å². The Balaban J connectivity index is 2.52. The number of benzene rings is 1. The summed E-state index contributed by atoms with van der Waals surface area (Å²) in [5.41, 5.74) is 0.389. The molecule has 1 heterocycles. The van der Waals surface area contributed by atoms with E-state index in [4.69, 9.17) is 23.2 Å². The van der Waals surface area contributed by atoms with Crippen LogP contribution < -0.4 is 0 Å². The van der Waals surface area contributed by atoms with E-state index >= 15 is 0 Å². The van der Waals surface area contributed by atoms with Gasteiger partial charge in [-0.05, 0) is 23.2 Å². The first kappa shape index (κ1) is 11.7. The number of hydrogen-bond acceptors (Lipinski definition) is 5. The van der Waals surface area contributed by atoms with E-state index in [1.165, 1.54) is 18.2 Å². The van der Waals surface area contributed by atoms with Gasteiger partial charge in [-0.25, -0.2) is 0 Å². The number of nitro groups is 1. The van der Waals surface area contributed by atoms with Gasteiger partial charge in [-0.2, -0.15) is 15.0 Å². The quantitative estimate of drug-likeness (QED) is 0.619. The molecule has 17 heavy (non-hydrogen) atoms. The molecule has 0 N–H and O–H groups in total. The Morgan fingerprint density at radius 2 is 1.76 bits per heavy atom. The van der Waals surface area contributed by atoms with Crippen molar-refractivity contribution in [3.8, 4) is 11.4 Å². The van der Waals surface area contributed by atoms with Crippen molar-refractivity contribution in [2.24, 2.45) is 0 Å². The fraction of sp³-hybridized carbons (Fsp3) is 0. The summed E-state index contributed by atoms with van der Waals surface area (Å²) in [5, 5.41) is 10.5. The molecule has 0 aliphatic heterocycles. The number of rotatable bonds is 2. The number of nitro benzene ring substituents is 1. The number of hydrogen-bond donors (Lipinski definition) is 0. The normalized spacial score (nSPS) is 10.2. The molecule has 0 spiro atoms. The highest BCUT2D eigenvalue weighted by Crippen LogP contribution is 2.22. The maximum absolute atomic E-state index is 10.6. The van der Waals surface area contributed by atoms with Crippen LogP contribution in [0.3, 0.4) is 0 Å². The Morgan fingerprint density at radius 3 is 2.35 bits per heavy atom. The molecule has 6 nitrogen and oxygen atoms in total. The average Bonchev–Trinajstić information content (AvgIpc) is 2.28. The van der Waals surface area contributed by atoms with Crippen molar-refractivity contribution in [3.63, 3.8) is 0 Å². The van der Waals surface area contributed by atoms with E-state index in [2.05, 4.69) is 15.0 Å². The Hall–Kier alpha value is -1.79. The lowest BCUT2D eigenvalue weighted by Gasteiger charge is -2.00. The molecular formula is C9H4Cl2N4O2. The van der Waals surface area contributed by atoms with Gasteiger partial charge in [0, 0.05) is 17.7 Å². The Morgan fingerprint density at radius 1 is 1.12 bits per heavy atom. The van der Waals surface area contributed by atoms with Crippen LogP contribution in [0.5, 0.6) is 0 Å². The highest BCUT2D eigenvalue weighted by Gasteiger charge is 2.10. The Labute approximate surface area is 105 Å². The molecule has 86 valence electrons. The summed E-state index contributed by atoms with van der Waals surface area (Å²) < 4.78 is 0. The number of aromatic nitrogens is 3. The van der Waals surface area contributed by atoms with Crippen LogP contribution in [0.15, 0.2) is 24.3 Å². The van der Waals surface area contributed by atoms with Gasteiger partial charge >= 0.3 is 0 Å². The van der Waals surface area contributed by atoms with E-state index in [9.17, 15) is 10.1 Å². The number of non-ortho nitro benzene ring substituents is 1. The van der Waals surface area contributed by atoms with E-state index in [1.807, 2.05) is 0 Å². The molecule has 0 unspecified atom stereocenters. The first-order valence-corrected chi connectivity index (χ1v) is 5.14. The van der Waals surface area contributed by atoms with Gasteiger partial charge in [0.15, 0.2) is 5.82 Å². The Kier molecular flexibility index (Phi) is 3.16. The van der Waals surface area contributed by atoms with Gasteiger partial charge < -0.3 is 0 Å². The summed E-state index contributed by atoms with van der Waals surface area (Å²) in [6.07, 6.45) is 0.